The Morgan fingerprint density at radius 3 is 2.86 bits per heavy atom. The number of aromatic hydroxyl groups is 1. The van der Waals surface area contributed by atoms with Crippen molar-refractivity contribution in [3.63, 3.8) is 0 Å². The average Bonchev–Trinajstić information content (AvgIpc) is 2.20. The van der Waals surface area contributed by atoms with Crippen LogP contribution in [-0.4, -0.2) is 11.7 Å². The minimum atomic E-state index is 0.365. The highest BCUT2D eigenvalue weighted by Gasteiger charge is 1.97. The quantitative estimate of drug-likeness (QED) is 0.534. The molecule has 0 saturated carbocycles. The summed E-state index contributed by atoms with van der Waals surface area (Å²) in [7, 11) is 0. The molecule has 0 bridgehead atoms. The summed E-state index contributed by atoms with van der Waals surface area (Å²) in [6.07, 6.45) is 4.05. The minimum absolute atomic E-state index is 0.365. The lowest BCUT2D eigenvalue weighted by Crippen LogP contribution is -2.14. The molecule has 76 valence electrons. The van der Waals surface area contributed by atoms with Crippen molar-refractivity contribution in [3.05, 3.63) is 42.5 Å². The van der Waals surface area contributed by atoms with Crippen molar-refractivity contribution in [3.8, 4) is 5.75 Å². The van der Waals surface area contributed by atoms with Crippen LogP contribution in [0, 0.1) is 0 Å². The topological polar surface area (TPSA) is 32.3 Å². The van der Waals surface area contributed by atoms with Crippen molar-refractivity contribution in [2.75, 3.05) is 6.54 Å². The molecule has 0 radical (unpaired) electrons. The van der Waals surface area contributed by atoms with E-state index >= 15 is 0 Å². The van der Waals surface area contributed by atoms with Gasteiger partial charge in [-0.25, -0.2) is 0 Å². The summed E-state index contributed by atoms with van der Waals surface area (Å²) in [5, 5.41) is 12.7. The molecule has 0 atom stereocenters. The molecule has 0 aliphatic heterocycles. The van der Waals surface area contributed by atoms with E-state index in [1.165, 1.54) is 0 Å². The number of nitrogens with one attached hydrogen (secondary N) is 1. The number of para-hydroxylation sites is 1. The van der Waals surface area contributed by atoms with E-state index in [2.05, 4.69) is 11.9 Å². The monoisotopic (exact) mass is 191 g/mol. The van der Waals surface area contributed by atoms with Gasteiger partial charge in [0.05, 0.1) is 0 Å². The summed E-state index contributed by atoms with van der Waals surface area (Å²) in [5.41, 5.74) is 0.950. The summed E-state index contributed by atoms with van der Waals surface area (Å²) in [5.74, 6) is 0.365. The zero-order chi connectivity index (χ0) is 10.2. The molecule has 0 aliphatic carbocycles. The van der Waals surface area contributed by atoms with Crippen LogP contribution in [0.2, 0.25) is 0 Å². The zero-order valence-corrected chi connectivity index (χ0v) is 8.37. The van der Waals surface area contributed by atoms with Crippen molar-refractivity contribution < 1.29 is 5.11 Å². The van der Waals surface area contributed by atoms with Gasteiger partial charge >= 0.3 is 0 Å². The number of hydrogen-bond acceptors (Lipinski definition) is 2. The van der Waals surface area contributed by atoms with Gasteiger partial charge in [0.2, 0.25) is 0 Å². The van der Waals surface area contributed by atoms with Gasteiger partial charge in [0.25, 0.3) is 0 Å². The fourth-order valence-electron chi connectivity index (χ4n) is 1.25. The Labute approximate surface area is 85.3 Å². The molecule has 14 heavy (non-hydrogen) atoms. The first-order valence-electron chi connectivity index (χ1n) is 4.93. The molecule has 0 amide bonds. The molecule has 0 unspecified atom stereocenters. The summed E-state index contributed by atoms with van der Waals surface area (Å²) in [6.45, 7) is 5.35. The highest BCUT2D eigenvalue weighted by Crippen LogP contribution is 2.14. The van der Waals surface area contributed by atoms with Gasteiger partial charge in [-0.05, 0) is 25.5 Å². The maximum atomic E-state index is 9.46. The lowest BCUT2D eigenvalue weighted by molar-refractivity contribution is 0.464. The van der Waals surface area contributed by atoms with Crippen LogP contribution in [0.25, 0.3) is 0 Å². The second-order valence-corrected chi connectivity index (χ2v) is 3.24. The van der Waals surface area contributed by atoms with Gasteiger partial charge < -0.3 is 10.4 Å². The second-order valence-electron chi connectivity index (χ2n) is 3.24. The molecule has 2 N–H and O–H groups in total. The minimum Gasteiger partial charge on any atom is -0.508 e. The molecule has 1 rings (SSSR count). The van der Waals surface area contributed by atoms with E-state index in [-0.39, 0.29) is 0 Å². The first-order chi connectivity index (χ1) is 6.84. The van der Waals surface area contributed by atoms with Crippen LogP contribution in [0.1, 0.15) is 18.4 Å². The largest absolute Gasteiger partial charge is 0.508 e. The number of allylic oxidation sites excluding steroid dienone is 1. The first kappa shape index (κ1) is 10.8. The van der Waals surface area contributed by atoms with Gasteiger partial charge in [0, 0.05) is 12.1 Å². The van der Waals surface area contributed by atoms with Gasteiger partial charge in [0.1, 0.15) is 5.75 Å². The Balaban J connectivity index is 2.24. The summed E-state index contributed by atoms with van der Waals surface area (Å²) in [6, 6.07) is 7.40. The molecule has 1 aromatic carbocycles. The lowest BCUT2D eigenvalue weighted by Gasteiger charge is -2.05. The fraction of sp³-hybridized carbons (Fsp3) is 0.333. The van der Waals surface area contributed by atoms with Crippen LogP contribution in [0.3, 0.4) is 0 Å². The van der Waals surface area contributed by atoms with Gasteiger partial charge in [-0.1, -0.05) is 24.3 Å². The third-order valence-electron chi connectivity index (χ3n) is 2.07. The van der Waals surface area contributed by atoms with Crippen LogP contribution >= 0.6 is 0 Å². The van der Waals surface area contributed by atoms with Crippen LogP contribution in [0.5, 0.6) is 5.75 Å². The predicted molar refractivity (Wildman–Crippen MR) is 59.2 cm³/mol. The Bertz CT molecular complexity index is 283. The van der Waals surface area contributed by atoms with E-state index in [4.69, 9.17) is 0 Å². The molecule has 1 aromatic rings. The van der Waals surface area contributed by atoms with Gasteiger partial charge in [-0.2, -0.15) is 0 Å². The molecular weight excluding hydrogens is 174 g/mol. The smallest absolute Gasteiger partial charge is 0.120 e. The van der Waals surface area contributed by atoms with Crippen LogP contribution < -0.4 is 5.32 Å². The Morgan fingerprint density at radius 1 is 1.36 bits per heavy atom. The SMILES string of the molecule is C=CCCCNCc1ccccc1O. The van der Waals surface area contributed by atoms with E-state index in [1.807, 2.05) is 24.3 Å². The van der Waals surface area contributed by atoms with E-state index < -0.39 is 0 Å². The highest BCUT2D eigenvalue weighted by atomic mass is 16.3. The van der Waals surface area contributed by atoms with Crippen molar-refractivity contribution in [1.82, 2.24) is 5.32 Å². The summed E-state index contributed by atoms with van der Waals surface area (Å²) in [4.78, 5) is 0. The second kappa shape index (κ2) is 6.22. The third-order valence-corrected chi connectivity index (χ3v) is 2.07. The third kappa shape index (κ3) is 3.62. The number of unbranched alkanes of at least 4 members (excludes halogenated alkanes) is 1. The summed E-state index contributed by atoms with van der Waals surface area (Å²) < 4.78 is 0. The Morgan fingerprint density at radius 2 is 2.14 bits per heavy atom. The maximum Gasteiger partial charge on any atom is 0.120 e. The number of rotatable bonds is 6. The van der Waals surface area contributed by atoms with Crippen molar-refractivity contribution in [1.29, 1.82) is 0 Å². The molecule has 0 saturated heterocycles. The molecular formula is C12H17NO. The molecule has 2 nitrogen and oxygen atoms in total. The number of phenols is 1. The highest BCUT2D eigenvalue weighted by molar-refractivity contribution is 5.31. The number of phenolic OH excluding ortho intramolecular Hbond substituents is 1. The molecule has 0 aromatic heterocycles. The van der Waals surface area contributed by atoms with Gasteiger partial charge in [-0.3, -0.25) is 0 Å². The maximum absolute atomic E-state index is 9.46. The molecule has 0 heterocycles. The van der Waals surface area contributed by atoms with Gasteiger partial charge in [0.15, 0.2) is 0 Å². The van der Waals surface area contributed by atoms with Crippen molar-refractivity contribution >= 4 is 0 Å². The van der Waals surface area contributed by atoms with Crippen LogP contribution in [0.4, 0.5) is 0 Å². The fourth-order valence-corrected chi connectivity index (χ4v) is 1.25. The van der Waals surface area contributed by atoms with Crippen LogP contribution in [0.15, 0.2) is 36.9 Å². The van der Waals surface area contributed by atoms with Gasteiger partial charge in [-0.15, -0.1) is 6.58 Å². The zero-order valence-electron chi connectivity index (χ0n) is 8.37. The Kier molecular flexibility index (Phi) is 4.79. The molecule has 2 heteroatoms. The van der Waals surface area contributed by atoms with E-state index in [0.29, 0.717) is 5.75 Å². The van der Waals surface area contributed by atoms with E-state index in [1.54, 1.807) is 6.07 Å². The molecule has 0 aliphatic rings. The number of benzene rings is 1. The van der Waals surface area contributed by atoms with Crippen molar-refractivity contribution in [2.24, 2.45) is 0 Å². The molecule has 0 spiro atoms. The van der Waals surface area contributed by atoms with Crippen LogP contribution in [-0.2, 0) is 6.54 Å². The lowest BCUT2D eigenvalue weighted by atomic mass is 10.2. The Hall–Kier alpha value is -1.28. The average molecular weight is 191 g/mol. The molecule has 0 fully saturated rings. The van der Waals surface area contributed by atoms with E-state index in [0.717, 1.165) is 31.5 Å². The van der Waals surface area contributed by atoms with E-state index in [9.17, 15) is 5.11 Å². The predicted octanol–water partition coefficient (Wildman–Crippen LogP) is 2.45. The van der Waals surface area contributed by atoms with Crippen molar-refractivity contribution in [2.45, 2.75) is 19.4 Å². The standard InChI is InChI=1S/C12H17NO/c1-2-3-6-9-13-10-11-7-4-5-8-12(11)14/h2,4-5,7-8,13-14H,1,3,6,9-10H2. The number of hydrogen-bond donors (Lipinski definition) is 2. The summed E-state index contributed by atoms with van der Waals surface area (Å²) >= 11 is 0. The normalized spacial score (nSPS) is 10.0. The first-order valence-corrected chi connectivity index (χ1v) is 4.93.